The maximum atomic E-state index is 12.6. The van der Waals surface area contributed by atoms with Gasteiger partial charge in [0.2, 0.25) is 0 Å². The third kappa shape index (κ3) is 5.98. The summed E-state index contributed by atoms with van der Waals surface area (Å²) in [5, 5.41) is 24.4. The summed E-state index contributed by atoms with van der Waals surface area (Å²) in [6.07, 6.45) is 0. The standard InChI is InChI=1S/C26H27N7O3/c1-27-23(28-2)16-3-9-20(10-4-16)32-26(36)33-22-14-18(25(34)35)13-21(15-22)31-19-7-5-17(6-8-19)24-29-11-12-30-24/h3-10,13-15,31H,11-12H2,1-2H3,(H,27,28)(H,29,30)(H,34,35)(H2,32,33,36). The first-order valence-corrected chi connectivity index (χ1v) is 11.3. The van der Waals surface area contributed by atoms with Crippen LogP contribution in [0.4, 0.5) is 27.5 Å². The Morgan fingerprint density at radius 2 is 1.56 bits per heavy atom. The summed E-state index contributed by atoms with van der Waals surface area (Å²) in [5.41, 5.74) is 4.12. The minimum Gasteiger partial charge on any atom is -0.478 e. The van der Waals surface area contributed by atoms with Gasteiger partial charge in [0.1, 0.15) is 11.7 Å². The van der Waals surface area contributed by atoms with E-state index in [0.29, 0.717) is 17.1 Å². The molecule has 0 spiro atoms. The molecule has 0 unspecified atom stereocenters. The largest absolute Gasteiger partial charge is 0.478 e. The highest BCUT2D eigenvalue weighted by Crippen LogP contribution is 2.24. The molecule has 4 rings (SSSR count). The van der Waals surface area contributed by atoms with E-state index < -0.39 is 12.0 Å². The molecule has 0 aliphatic carbocycles. The summed E-state index contributed by atoms with van der Waals surface area (Å²) in [6.45, 7) is 1.59. The van der Waals surface area contributed by atoms with Gasteiger partial charge in [0.25, 0.3) is 0 Å². The first kappa shape index (κ1) is 24.3. The molecule has 10 nitrogen and oxygen atoms in total. The number of hydrogen-bond acceptors (Lipinski definition) is 6. The molecule has 6 N–H and O–H groups in total. The number of urea groups is 1. The lowest BCUT2D eigenvalue weighted by Crippen LogP contribution is -2.21. The molecule has 2 amide bonds. The number of amides is 2. The quantitative estimate of drug-likeness (QED) is 0.223. The Bertz CT molecular complexity index is 1320. The second-order valence-corrected chi connectivity index (χ2v) is 7.94. The minimum atomic E-state index is -1.10. The molecule has 3 aromatic carbocycles. The van der Waals surface area contributed by atoms with E-state index in [4.69, 9.17) is 0 Å². The number of anilines is 4. The predicted octanol–water partition coefficient (Wildman–Crippen LogP) is 3.72. The lowest BCUT2D eigenvalue weighted by molar-refractivity contribution is 0.0697. The Morgan fingerprint density at radius 3 is 2.17 bits per heavy atom. The molecule has 0 saturated heterocycles. The molecular formula is C26H27N7O3. The van der Waals surface area contributed by atoms with Gasteiger partial charge in [0, 0.05) is 54.5 Å². The van der Waals surface area contributed by atoms with Crippen molar-refractivity contribution in [2.75, 3.05) is 43.1 Å². The highest BCUT2D eigenvalue weighted by molar-refractivity contribution is 6.03. The number of aliphatic imine (C=N–C) groups is 2. The van der Waals surface area contributed by atoms with Crippen molar-refractivity contribution in [2.45, 2.75) is 0 Å². The number of carbonyl (C=O) groups is 2. The topological polar surface area (TPSA) is 139 Å². The monoisotopic (exact) mass is 485 g/mol. The molecule has 0 saturated carbocycles. The Morgan fingerprint density at radius 1 is 0.889 bits per heavy atom. The maximum Gasteiger partial charge on any atom is 0.335 e. The van der Waals surface area contributed by atoms with Crippen molar-refractivity contribution in [1.29, 1.82) is 0 Å². The molecule has 1 heterocycles. The van der Waals surface area contributed by atoms with E-state index in [9.17, 15) is 14.7 Å². The highest BCUT2D eigenvalue weighted by Gasteiger charge is 2.12. The lowest BCUT2D eigenvalue weighted by Gasteiger charge is -2.13. The number of nitrogens with zero attached hydrogens (tertiary/aromatic N) is 2. The van der Waals surface area contributed by atoms with Crippen LogP contribution in [-0.4, -0.2) is 56.0 Å². The summed E-state index contributed by atoms with van der Waals surface area (Å²) < 4.78 is 0. The zero-order valence-corrected chi connectivity index (χ0v) is 19.9. The maximum absolute atomic E-state index is 12.6. The fourth-order valence-corrected chi connectivity index (χ4v) is 3.75. The van der Waals surface area contributed by atoms with Crippen LogP contribution >= 0.6 is 0 Å². The molecule has 0 atom stereocenters. The highest BCUT2D eigenvalue weighted by atomic mass is 16.4. The van der Waals surface area contributed by atoms with Gasteiger partial charge < -0.3 is 31.7 Å². The van der Waals surface area contributed by atoms with Crippen LogP contribution in [-0.2, 0) is 0 Å². The fraction of sp³-hybridized carbons (Fsp3) is 0.154. The summed E-state index contributed by atoms with van der Waals surface area (Å²) in [5.74, 6) is 0.494. The first-order valence-electron chi connectivity index (χ1n) is 11.3. The third-order valence-corrected chi connectivity index (χ3v) is 5.44. The van der Waals surface area contributed by atoms with Crippen molar-refractivity contribution in [3.63, 3.8) is 0 Å². The number of carboxylic acids is 1. The van der Waals surface area contributed by atoms with Crippen LogP contribution in [0.3, 0.4) is 0 Å². The average molecular weight is 486 g/mol. The molecule has 1 aliphatic rings. The SMILES string of the molecule is CN=C(NC)c1ccc(NC(=O)Nc2cc(Nc3ccc(C4=NCCN4)cc3)cc(C(=O)O)c2)cc1. The number of aromatic carboxylic acids is 1. The second kappa shape index (κ2) is 11.0. The zero-order valence-electron chi connectivity index (χ0n) is 19.9. The molecule has 10 heteroatoms. The number of nitrogens with one attached hydrogen (secondary N) is 5. The molecule has 0 fully saturated rings. The number of amidine groups is 2. The summed E-state index contributed by atoms with van der Waals surface area (Å²) in [6, 6.07) is 18.9. The van der Waals surface area contributed by atoms with Crippen molar-refractivity contribution in [3.8, 4) is 0 Å². The Labute approximate surface area is 208 Å². The van der Waals surface area contributed by atoms with Crippen molar-refractivity contribution in [3.05, 3.63) is 83.4 Å². The van der Waals surface area contributed by atoms with E-state index in [1.165, 1.54) is 12.1 Å². The Hall–Kier alpha value is -4.86. The van der Waals surface area contributed by atoms with Crippen molar-refractivity contribution >= 4 is 46.4 Å². The molecule has 0 radical (unpaired) electrons. The number of benzene rings is 3. The van der Waals surface area contributed by atoms with Gasteiger partial charge in [0.05, 0.1) is 12.1 Å². The van der Waals surface area contributed by atoms with Gasteiger partial charge >= 0.3 is 12.0 Å². The average Bonchev–Trinajstić information content (AvgIpc) is 3.41. The van der Waals surface area contributed by atoms with Crippen LogP contribution in [0, 0.1) is 0 Å². The van der Waals surface area contributed by atoms with E-state index >= 15 is 0 Å². The number of carboxylic acid groups (broad SMARTS) is 1. The van der Waals surface area contributed by atoms with Crippen molar-refractivity contribution in [1.82, 2.24) is 10.6 Å². The van der Waals surface area contributed by atoms with Crippen LogP contribution in [0.15, 0.2) is 76.7 Å². The second-order valence-electron chi connectivity index (χ2n) is 7.94. The summed E-state index contributed by atoms with van der Waals surface area (Å²) in [7, 11) is 3.48. The summed E-state index contributed by atoms with van der Waals surface area (Å²) in [4.78, 5) is 32.8. The van der Waals surface area contributed by atoms with E-state index in [2.05, 4.69) is 36.6 Å². The van der Waals surface area contributed by atoms with E-state index in [1.54, 1.807) is 32.3 Å². The van der Waals surface area contributed by atoms with Gasteiger partial charge in [-0.2, -0.15) is 0 Å². The van der Waals surface area contributed by atoms with Gasteiger partial charge in [-0.15, -0.1) is 0 Å². The molecule has 0 bridgehead atoms. The van der Waals surface area contributed by atoms with E-state index in [0.717, 1.165) is 41.6 Å². The number of rotatable bonds is 7. The Balaban J connectivity index is 1.45. The zero-order chi connectivity index (χ0) is 25.5. The molecule has 3 aromatic rings. The third-order valence-electron chi connectivity index (χ3n) is 5.44. The molecule has 0 aromatic heterocycles. The Kier molecular flexibility index (Phi) is 7.45. The molecule has 1 aliphatic heterocycles. The minimum absolute atomic E-state index is 0.0410. The molecule has 184 valence electrons. The van der Waals surface area contributed by atoms with E-state index in [1.807, 2.05) is 36.4 Å². The lowest BCUT2D eigenvalue weighted by atomic mass is 10.1. The van der Waals surface area contributed by atoms with Gasteiger partial charge in [-0.3, -0.25) is 9.98 Å². The van der Waals surface area contributed by atoms with Crippen LogP contribution in [0.5, 0.6) is 0 Å². The normalized spacial score (nSPS) is 12.8. The van der Waals surface area contributed by atoms with Gasteiger partial charge in [-0.05, 0) is 66.7 Å². The number of hydrogen-bond donors (Lipinski definition) is 6. The first-order chi connectivity index (χ1) is 17.4. The van der Waals surface area contributed by atoms with Gasteiger partial charge in [-0.1, -0.05) is 0 Å². The van der Waals surface area contributed by atoms with Crippen LogP contribution in [0.25, 0.3) is 0 Å². The van der Waals surface area contributed by atoms with Crippen LogP contribution < -0.4 is 26.6 Å². The van der Waals surface area contributed by atoms with Crippen LogP contribution in [0.1, 0.15) is 21.5 Å². The van der Waals surface area contributed by atoms with Gasteiger partial charge in [0.15, 0.2) is 0 Å². The summed E-state index contributed by atoms with van der Waals surface area (Å²) >= 11 is 0. The van der Waals surface area contributed by atoms with E-state index in [-0.39, 0.29) is 5.56 Å². The molecule has 36 heavy (non-hydrogen) atoms. The predicted molar refractivity (Wildman–Crippen MR) is 143 cm³/mol. The smallest absolute Gasteiger partial charge is 0.335 e. The van der Waals surface area contributed by atoms with Crippen molar-refractivity contribution < 1.29 is 14.7 Å². The van der Waals surface area contributed by atoms with Gasteiger partial charge in [-0.25, -0.2) is 9.59 Å². The van der Waals surface area contributed by atoms with Crippen molar-refractivity contribution in [2.24, 2.45) is 9.98 Å². The number of carbonyl (C=O) groups excluding carboxylic acids is 1. The fourth-order valence-electron chi connectivity index (χ4n) is 3.75. The van der Waals surface area contributed by atoms with Crippen LogP contribution in [0.2, 0.25) is 0 Å². The molecular weight excluding hydrogens is 458 g/mol.